The van der Waals surface area contributed by atoms with Crippen molar-refractivity contribution >= 4 is 38.4 Å². The van der Waals surface area contributed by atoms with Crippen LogP contribution < -0.4 is 14.2 Å². The highest BCUT2D eigenvalue weighted by Gasteiger charge is 2.43. The van der Waals surface area contributed by atoms with Gasteiger partial charge >= 0.3 is 5.97 Å². The second-order valence-electron chi connectivity index (χ2n) is 8.93. The molecule has 186 valence electrons. The summed E-state index contributed by atoms with van der Waals surface area (Å²) in [6.07, 6.45) is -0.125. The second kappa shape index (κ2) is 9.12. The number of hydrogen-bond donors (Lipinski definition) is 1. The van der Waals surface area contributed by atoms with Gasteiger partial charge in [-0.2, -0.15) is 5.10 Å². The Kier molecular flexibility index (Phi) is 5.76. The summed E-state index contributed by atoms with van der Waals surface area (Å²) in [5.41, 5.74) is 3.35. The molecule has 4 aromatic rings. The number of hydrogen-bond acceptors (Lipinski definition) is 6. The Bertz CT molecular complexity index is 1580. The summed E-state index contributed by atoms with van der Waals surface area (Å²) >= 11 is 3.58. The van der Waals surface area contributed by atoms with Gasteiger partial charge in [0.25, 0.3) is 0 Å². The van der Waals surface area contributed by atoms with Gasteiger partial charge in [0.1, 0.15) is 11.3 Å². The minimum atomic E-state index is -1.13. The number of methoxy groups -OCH3 is 2. The van der Waals surface area contributed by atoms with E-state index in [1.54, 1.807) is 12.1 Å². The maximum absolute atomic E-state index is 12.5. The zero-order valence-corrected chi connectivity index (χ0v) is 21.7. The molecule has 2 aliphatic rings. The van der Waals surface area contributed by atoms with Crippen LogP contribution in [0, 0.1) is 0 Å². The summed E-state index contributed by atoms with van der Waals surface area (Å²) in [6.45, 7) is 0. The molecule has 0 spiro atoms. The topological polar surface area (TPSA) is 80.6 Å². The summed E-state index contributed by atoms with van der Waals surface area (Å²) in [7, 11) is 2.91. The monoisotopic (exact) mass is 558 g/mol. The zero-order valence-electron chi connectivity index (χ0n) is 20.1. The lowest BCUT2D eigenvalue weighted by atomic mass is 9.94. The molecule has 0 aliphatic carbocycles. The predicted molar refractivity (Wildman–Crippen MR) is 144 cm³/mol. The van der Waals surface area contributed by atoms with Crippen molar-refractivity contribution < 1.29 is 24.1 Å². The number of aromatic carboxylic acids is 1. The van der Waals surface area contributed by atoms with Crippen LogP contribution in [0.5, 0.6) is 17.2 Å². The lowest BCUT2D eigenvalue weighted by molar-refractivity contribution is -0.0199. The van der Waals surface area contributed by atoms with Crippen molar-refractivity contribution in [1.29, 1.82) is 0 Å². The molecule has 37 heavy (non-hydrogen) atoms. The Balaban J connectivity index is 1.51. The molecule has 8 heteroatoms. The third-order valence-electron chi connectivity index (χ3n) is 6.89. The first-order chi connectivity index (χ1) is 18.0. The average molecular weight is 559 g/mol. The molecule has 6 rings (SSSR count). The van der Waals surface area contributed by atoms with E-state index in [2.05, 4.69) is 46.3 Å². The van der Waals surface area contributed by atoms with E-state index in [0.29, 0.717) is 23.5 Å². The Morgan fingerprint density at radius 2 is 1.81 bits per heavy atom. The molecule has 2 atom stereocenters. The summed E-state index contributed by atoms with van der Waals surface area (Å²) in [5, 5.41) is 19.4. The maximum Gasteiger partial charge on any atom is 0.340 e. The fraction of sp³-hybridized carbons (Fsp3) is 0.172. The van der Waals surface area contributed by atoms with Crippen molar-refractivity contribution in [3.8, 4) is 17.2 Å². The first-order valence-electron chi connectivity index (χ1n) is 11.8. The van der Waals surface area contributed by atoms with Gasteiger partial charge in [0.05, 0.1) is 26.0 Å². The van der Waals surface area contributed by atoms with Gasteiger partial charge in [-0.15, -0.1) is 0 Å². The number of carboxylic acid groups (broad SMARTS) is 1. The third kappa shape index (κ3) is 3.88. The highest BCUT2D eigenvalue weighted by molar-refractivity contribution is 9.10. The SMILES string of the molecule is COc1ccc([C@H]2Oc3ccc(Br)cc3[C@@H]3CC(c4ccc5ccccc5c4)=NN23)c(C(=O)O)c1OC. The largest absolute Gasteiger partial charge is 0.493 e. The quantitative estimate of drug-likeness (QED) is 0.298. The van der Waals surface area contributed by atoms with Gasteiger partial charge in [0, 0.05) is 22.0 Å². The van der Waals surface area contributed by atoms with Gasteiger partial charge in [0.15, 0.2) is 11.5 Å². The third-order valence-corrected chi connectivity index (χ3v) is 7.39. The van der Waals surface area contributed by atoms with Crippen molar-refractivity contribution in [3.63, 3.8) is 0 Å². The molecule has 2 heterocycles. The van der Waals surface area contributed by atoms with Crippen LogP contribution in [-0.2, 0) is 0 Å². The van der Waals surface area contributed by atoms with E-state index < -0.39 is 12.2 Å². The van der Waals surface area contributed by atoms with Crippen LogP contribution in [0.3, 0.4) is 0 Å². The van der Waals surface area contributed by atoms with Gasteiger partial charge in [-0.05, 0) is 52.7 Å². The zero-order chi connectivity index (χ0) is 25.7. The van der Waals surface area contributed by atoms with Crippen molar-refractivity contribution in [2.75, 3.05) is 14.2 Å². The molecule has 0 bridgehead atoms. The molecular formula is C29H23BrN2O5. The lowest BCUT2D eigenvalue weighted by Gasteiger charge is -2.38. The van der Waals surface area contributed by atoms with Crippen molar-refractivity contribution in [3.05, 3.63) is 99.5 Å². The normalized spacial score (nSPS) is 18.0. The minimum absolute atomic E-state index is 0.0134. The predicted octanol–water partition coefficient (Wildman–Crippen LogP) is 6.56. The number of ether oxygens (including phenoxy) is 3. The van der Waals surface area contributed by atoms with Crippen molar-refractivity contribution in [2.24, 2.45) is 5.10 Å². The fourth-order valence-electron chi connectivity index (χ4n) is 5.18. The number of rotatable bonds is 5. The minimum Gasteiger partial charge on any atom is -0.493 e. The van der Waals surface area contributed by atoms with Crippen molar-refractivity contribution in [2.45, 2.75) is 18.7 Å². The molecular weight excluding hydrogens is 536 g/mol. The van der Waals surface area contributed by atoms with E-state index >= 15 is 0 Å². The standard InChI is InChI=1S/C29H23BrN2O5/c1-35-25-12-10-20(26(29(33)34)27(25)36-2)28-32-23(21-14-19(30)9-11-24(21)37-28)15-22(31-32)18-8-7-16-5-3-4-6-17(16)13-18/h3-14,23,28H,15H2,1-2H3,(H,33,34)/t23-,28+/m0/s1. The van der Waals surface area contributed by atoms with Crippen LogP contribution in [0.1, 0.15) is 45.7 Å². The first kappa shape index (κ1) is 23.4. The number of hydrazone groups is 1. The molecule has 0 saturated carbocycles. The van der Waals surface area contributed by atoms with Gasteiger partial charge in [-0.1, -0.05) is 52.3 Å². The molecule has 0 saturated heterocycles. The molecule has 2 aliphatic heterocycles. The van der Waals surface area contributed by atoms with E-state index in [1.807, 2.05) is 35.3 Å². The van der Waals surface area contributed by atoms with E-state index in [9.17, 15) is 9.90 Å². The maximum atomic E-state index is 12.5. The highest BCUT2D eigenvalue weighted by atomic mass is 79.9. The van der Waals surface area contributed by atoms with Crippen LogP contribution >= 0.6 is 15.9 Å². The summed E-state index contributed by atoms with van der Waals surface area (Å²) < 4.78 is 18.2. The van der Waals surface area contributed by atoms with Crippen LogP contribution in [0.4, 0.5) is 0 Å². The van der Waals surface area contributed by atoms with Gasteiger partial charge in [-0.3, -0.25) is 0 Å². The summed E-state index contributed by atoms with van der Waals surface area (Å²) in [4.78, 5) is 12.5. The van der Waals surface area contributed by atoms with Crippen molar-refractivity contribution in [1.82, 2.24) is 5.01 Å². The summed E-state index contributed by atoms with van der Waals surface area (Å²) in [5.74, 6) is 0.0373. The number of benzene rings is 4. The van der Waals surface area contributed by atoms with E-state index in [0.717, 1.165) is 32.1 Å². The number of fused-ring (bicyclic) bond motifs is 4. The Morgan fingerprint density at radius 1 is 1.00 bits per heavy atom. The Morgan fingerprint density at radius 3 is 2.57 bits per heavy atom. The number of carbonyl (C=O) groups is 1. The van der Waals surface area contributed by atoms with Crippen LogP contribution in [-0.4, -0.2) is 36.0 Å². The van der Waals surface area contributed by atoms with Crippen LogP contribution in [0.25, 0.3) is 10.8 Å². The number of carboxylic acids is 1. The number of halogens is 1. The molecule has 0 amide bonds. The van der Waals surface area contributed by atoms with E-state index in [1.165, 1.54) is 14.2 Å². The van der Waals surface area contributed by atoms with E-state index in [4.69, 9.17) is 19.3 Å². The molecule has 4 aromatic carbocycles. The van der Waals surface area contributed by atoms with Crippen LogP contribution in [0.2, 0.25) is 0 Å². The van der Waals surface area contributed by atoms with E-state index in [-0.39, 0.29) is 17.4 Å². The molecule has 0 aromatic heterocycles. The first-order valence-corrected chi connectivity index (χ1v) is 12.6. The molecule has 0 fully saturated rings. The van der Waals surface area contributed by atoms with Crippen LogP contribution in [0.15, 0.2) is 82.4 Å². The molecule has 7 nitrogen and oxygen atoms in total. The molecule has 0 unspecified atom stereocenters. The molecule has 1 N–H and O–H groups in total. The van der Waals surface area contributed by atoms with Gasteiger partial charge in [-0.25, -0.2) is 9.80 Å². The number of nitrogens with zero attached hydrogens (tertiary/aromatic N) is 2. The highest BCUT2D eigenvalue weighted by Crippen LogP contribution is 2.50. The van der Waals surface area contributed by atoms with Gasteiger partial charge < -0.3 is 19.3 Å². The summed E-state index contributed by atoms with van der Waals surface area (Å²) in [6, 6.07) is 23.7. The Hall–Kier alpha value is -4.04. The smallest absolute Gasteiger partial charge is 0.340 e. The molecule has 0 radical (unpaired) electrons. The lowest BCUT2D eigenvalue weighted by Crippen LogP contribution is -2.34. The fourth-order valence-corrected chi connectivity index (χ4v) is 5.55. The Labute approximate surface area is 222 Å². The second-order valence-corrected chi connectivity index (χ2v) is 9.85. The van der Waals surface area contributed by atoms with Gasteiger partial charge in [0.2, 0.25) is 6.23 Å². The average Bonchev–Trinajstić information content (AvgIpc) is 3.37.